The van der Waals surface area contributed by atoms with Gasteiger partial charge in [0.25, 0.3) is 0 Å². The smallest absolute Gasteiger partial charge is 0.317 e. The predicted octanol–water partition coefficient (Wildman–Crippen LogP) is 2.74. The van der Waals surface area contributed by atoms with Gasteiger partial charge in [-0.05, 0) is 55.7 Å². The molecule has 5 nitrogen and oxygen atoms in total. The highest BCUT2D eigenvalue weighted by Gasteiger charge is 2.10. The normalized spacial score (nSPS) is 10.4. The van der Waals surface area contributed by atoms with Crippen LogP contribution in [0, 0.1) is 20.8 Å². The van der Waals surface area contributed by atoms with Crippen LogP contribution in [0.15, 0.2) is 30.6 Å². The monoisotopic (exact) mass is 298 g/mol. The van der Waals surface area contributed by atoms with E-state index in [0.29, 0.717) is 13.1 Å². The summed E-state index contributed by atoms with van der Waals surface area (Å²) in [7, 11) is 1.77. The number of carbonyl (C=O) groups excluding carboxylic acids is 1. The first-order valence-corrected chi connectivity index (χ1v) is 7.28. The van der Waals surface area contributed by atoms with E-state index in [0.717, 1.165) is 28.1 Å². The summed E-state index contributed by atoms with van der Waals surface area (Å²) in [5.41, 5.74) is 5.16. The molecule has 0 atom stereocenters. The van der Waals surface area contributed by atoms with Crippen LogP contribution in [-0.2, 0) is 13.1 Å². The Balaban J connectivity index is 1.93. The van der Waals surface area contributed by atoms with Crippen molar-refractivity contribution in [3.63, 3.8) is 0 Å². The third-order valence-electron chi connectivity index (χ3n) is 3.46. The molecule has 0 fully saturated rings. The molecule has 0 spiro atoms. The molecular formula is C17H22N4O. The molecule has 0 aromatic carbocycles. The molecule has 0 unspecified atom stereocenters. The molecule has 2 heterocycles. The zero-order chi connectivity index (χ0) is 16.1. The number of urea groups is 1. The molecule has 2 aromatic rings. The molecule has 22 heavy (non-hydrogen) atoms. The SMILES string of the molecule is Cc1cc(C)nc(CN(C)C(=O)NCc2ccncc2C)c1. The third kappa shape index (κ3) is 4.28. The van der Waals surface area contributed by atoms with E-state index in [1.807, 2.05) is 39.0 Å². The summed E-state index contributed by atoms with van der Waals surface area (Å²) < 4.78 is 0. The van der Waals surface area contributed by atoms with Crippen molar-refractivity contribution in [2.75, 3.05) is 7.05 Å². The molecule has 0 aliphatic carbocycles. The van der Waals surface area contributed by atoms with E-state index in [1.165, 1.54) is 0 Å². The molecule has 0 bridgehead atoms. The van der Waals surface area contributed by atoms with Crippen LogP contribution in [0.3, 0.4) is 0 Å². The lowest BCUT2D eigenvalue weighted by atomic mass is 10.1. The van der Waals surface area contributed by atoms with E-state index < -0.39 is 0 Å². The minimum Gasteiger partial charge on any atom is -0.334 e. The summed E-state index contributed by atoms with van der Waals surface area (Å²) in [6.45, 7) is 6.96. The predicted molar refractivity (Wildman–Crippen MR) is 86.4 cm³/mol. The highest BCUT2D eigenvalue weighted by molar-refractivity contribution is 5.73. The van der Waals surface area contributed by atoms with E-state index in [9.17, 15) is 4.79 Å². The molecule has 0 aliphatic rings. The maximum Gasteiger partial charge on any atom is 0.317 e. The fourth-order valence-corrected chi connectivity index (χ4v) is 2.33. The van der Waals surface area contributed by atoms with Crippen LogP contribution in [0.5, 0.6) is 0 Å². The van der Waals surface area contributed by atoms with E-state index >= 15 is 0 Å². The Morgan fingerprint density at radius 3 is 2.73 bits per heavy atom. The van der Waals surface area contributed by atoms with Crippen LogP contribution < -0.4 is 5.32 Å². The van der Waals surface area contributed by atoms with Gasteiger partial charge in [0.15, 0.2) is 0 Å². The van der Waals surface area contributed by atoms with Gasteiger partial charge in [-0.25, -0.2) is 4.79 Å². The number of rotatable bonds is 4. The van der Waals surface area contributed by atoms with Crippen molar-refractivity contribution in [2.24, 2.45) is 0 Å². The lowest BCUT2D eigenvalue weighted by molar-refractivity contribution is 0.206. The lowest BCUT2D eigenvalue weighted by Crippen LogP contribution is -2.36. The van der Waals surface area contributed by atoms with Gasteiger partial charge in [0.1, 0.15) is 0 Å². The summed E-state index contributed by atoms with van der Waals surface area (Å²) in [4.78, 5) is 22.3. The fourth-order valence-electron chi connectivity index (χ4n) is 2.33. The summed E-state index contributed by atoms with van der Waals surface area (Å²) in [5.74, 6) is 0. The zero-order valence-electron chi connectivity index (χ0n) is 13.6. The maximum absolute atomic E-state index is 12.2. The van der Waals surface area contributed by atoms with Crippen LogP contribution in [-0.4, -0.2) is 27.9 Å². The minimum atomic E-state index is -0.114. The molecule has 1 N–H and O–H groups in total. The highest BCUT2D eigenvalue weighted by Crippen LogP contribution is 2.08. The molecule has 5 heteroatoms. The van der Waals surface area contributed by atoms with Crippen LogP contribution in [0.25, 0.3) is 0 Å². The minimum absolute atomic E-state index is 0.114. The van der Waals surface area contributed by atoms with Gasteiger partial charge in [-0.1, -0.05) is 0 Å². The second kappa shape index (κ2) is 7.02. The molecule has 0 aliphatic heterocycles. The van der Waals surface area contributed by atoms with Crippen molar-refractivity contribution in [3.8, 4) is 0 Å². The number of carbonyl (C=O) groups is 1. The molecule has 116 valence electrons. The standard InChI is InChI=1S/C17H22N4O/c1-12-7-14(3)20-16(8-12)11-21(4)17(22)19-10-15-5-6-18-9-13(15)2/h5-9H,10-11H2,1-4H3,(H,19,22). The van der Waals surface area contributed by atoms with Crippen molar-refractivity contribution >= 4 is 6.03 Å². The van der Waals surface area contributed by atoms with Gasteiger partial charge >= 0.3 is 6.03 Å². The second-order valence-electron chi connectivity index (χ2n) is 5.59. The zero-order valence-corrected chi connectivity index (χ0v) is 13.6. The van der Waals surface area contributed by atoms with Crippen molar-refractivity contribution in [2.45, 2.75) is 33.9 Å². The van der Waals surface area contributed by atoms with Gasteiger partial charge in [-0.2, -0.15) is 0 Å². The van der Waals surface area contributed by atoms with E-state index in [-0.39, 0.29) is 6.03 Å². The number of amides is 2. The Morgan fingerprint density at radius 2 is 2.05 bits per heavy atom. The lowest BCUT2D eigenvalue weighted by Gasteiger charge is -2.18. The van der Waals surface area contributed by atoms with Gasteiger partial charge in [-0.3, -0.25) is 9.97 Å². The first-order valence-electron chi connectivity index (χ1n) is 7.28. The largest absolute Gasteiger partial charge is 0.334 e. The van der Waals surface area contributed by atoms with Crippen molar-refractivity contribution in [3.05, 3.63) is 58.7 Å². The number of pyridine rings is 2. The number of aromatic nitrogens is 2. The maximum atomic E-state index is 12.2. The van der Waals surface area contributed by atoms with Crippen LogP contribution in [0.2, 0.25) is 0 Å². The molecule has 0 saturated heterocycles. The number of nitrogens with zero attached hydrogens (tertiary/aromatic N) is 3. The van der Waals surface area contributed by atoms with Crippen molar-refractivity contribution in [1.29, 1.82) is 0 Å². The molecule has 2 rings (SSSR count). The van der Waals surface area contributed by atoms with E-state index in [1.54, 1.807) is 24.3 Å². The van der Waals surface area contributed by atoms with E-state index in [2.05, 4.69) is 15.3 Å². The highest BCUT2D eigenvalue weighted by atomic mass is 16.2. The Bertz CT molecular complexity index is 649. The van der Waals surface area contributed by atoms with Gasteiger partial charge in [0, 0.05) is 31.7 Å². The quantitative estimate of drug-likeness (QED) is 0.944. The molecule has 2 amide bonds. The van der Waals surface area contributed by atoms with Crippen LogP contribution in [0.4, 0.5) is 4.79 Å². The Morgan fingerprint density at radius 1 is 1.27 bits per heavy atom. The topological polar surface area (TPSA) is 58.1 Å². The number of aryl methyl sites for hydroxylation is 3. The Kier molecular flexibility index (Phi) is 5.09. The van der Waals surface area contributed by atoms with Crippen LogP contribution >= 0.6 is 0 Å². The molecule has 0 radical (unpaired) electrons. The van der Waals surface area contributed by atoms with Crippen molar-refractivity contribution in [1.82, 2.24) is 20.2 Å². The number of hydrogen-bond acceptors (Lipinski definition) is 3. The first-order chi connectivity index (χ1) is 10.5. The summed E-state index contributed by atoms with van der Waals surface area (Å²) in [6, 6.07) is 5.83. The Labute approximate surface area is 131 Å². The van der Waals surface area contributed by atoms with Crippen LogP contribution in [0.1, 0.15) is 28.1 Å². The molecule has 0 saturated carbocycles. The van der Waals surface area contributed by atoms with E-state index in [4.69, 9.17) is 0 Å². The fraction of sp³-hybridized carbons (Fsp3) is 0.353. The third-order valence-corrected chi connectivity index (χ3v) is 3.46. The Hall–Kier alpha value is -2.43. The van der Waals surface area contributed by atoms with Gasteiger partial charge in [0.05, 0.1) is 12.2 Å². The number of hydrogen-bond donors (Lipinski definition) is 1. The summed E-state index contributed by atoms with van der Waals surface area (Å²) in [6.07, 6.45) is 3.53. The number of nitrogens with one attached hydrogen (secondary N) is 1. The molecule has 2 aromatic heterocycles. The molecular weight excluding hydrogens is 276 g/mol. The van der Waals surface area contributed by atoms with Gasteiger partial charge in [0.2, 0.25) is 0 Å². The van der Waals surface area contributed by atoms with Gasteiger partial charge < -0.3 is 10.2 Å². The summed E-state index contributed by atoms with van der Waals surface area (Å²) >= 11 is 0. The average Bonchev–Trinajstić information content (AvgIpc) is 2.45. The summed E-state index contributed by atoms with van der Waals surface area (Å²) in [5, 5.41) is 2.92. The van der Waals surface area contributed by atoms with Crippen molar-refractivity contribution < 1.29 is 4.79 Å². The van der Waals surface area contributed by atoms with Gasteiger partial charge in [-0.15, -0.1) is 0 Å². The average molecular weight is 298 g/mol. The second-order valence-corrected chi connectivity index (χ2v) is 5.59. The first kappa shape index (κ1) is 15.9.